The largest absolute Gasteiger partial charge is 0.476 e. The van der Waals surface area contributed by atoms with E-state index in [0.29, 0.717) is 36.4 Å². The van der Waals surface area contributed by atoms with Gasteiger partial charge in [-0.1, -0.05) is 6.07 Å². The summed E-state index contributed by atoms with van der Waals surface area (Å²) in [6, 6.07) is 5.60. The van der Waals surface area contributed by atoms with Crippen molar-refractivity contribution in [2.24, 2.45) is 0 Å². The second-order valence-electron chi connectivity index (χ2n) is 4.31. The van der Waals surface area contributed by atoms with Crippen molar-refractivity contribution in [1.82, 2.24) is 9.97 Å². The third-order valence-electron chi connectivity index (χ3n) is 2.90. The molecule has 1 aromatic carbocycles. The minimum Gasteiger partial charge on any atom is -0.476 e. The van der Waals surface area contributed by atoms with E-state index in [4.69, 9.17) is 24.7 Å². The fourth-order valence-electron chi connectivity index (χ4n) is 1.91. The first-order valence-electron chi connectivity index (χ1n) is 6.52. The average Bonchev–Trinajstić information content (AvgIpc) is 2.96. The maximum absolute atomic E-state index is 5.90. The second-order valence-corrected chi connectivity index (χ2v) is 4.31. The van der Waals surface area contributed by atoms with E-state index < -0.39 is 0 Å². The van der Waals surface area contributed by atoms with Crippen molar-refractivity contribution in [2.45, 2.75) is 13.5 Å². The van der Waals surface area contributed by atoms with Gasteiger partial charge in [-0.05, 0) is 24.6 Å². The van der Waals surface area contributed by atoms with Gasteiger partial charge in [0.2, 0.25) is 18.6 Å². The second kappa shape index (κ2) is 5.74. The average molecular weight is 289 g/mol. The molecule has 2 aromatic rings. The number of nitrogen functional groups attached to an aromatic ring is 1. The highest BCUT2D eigenvalue weighted by molar-refractivity contribution is 5.55. The Morgan fingerprint density at radius 1 is 1.14 bits per heavy atom. The van der Waals surface area contributed by atoms with Crippen molar-refractivity contribution >= 4 is 5.69 Å². The van der Waals surface area contributed by atoms with Crippen LogP contribution in [0.15, 0.2) is 24.5 Å². The monoisotopic (exact) mass is 289 g/mol. The first-order valence-corrected chi connectivity index (χ1v) is 6.52. The Balaban J connectivity index is 1.71. The zero-order chi connectivity index (χ0) is 14.7. The van der Waals surface area contributed by atoms with Crippen molar-refractivity contribution in [3.8, 4) is 23.3 Å². The molecule has 1 aliphatic heterocycles. The van der Waals surface area contributed by atoms with Crippen molar-refractivity contribution in [2.75, 3.05) is 19.1 Å². The van der Waals surface area contributed by atoms with Crippen molar-refractivity contribution < 1.29 is 18.9 Å². The van der Waals surface area contributed by atoms with Gasteiger partial charge in [-0.3, -0.25) is 0 Å². The summed E-state index contributed by atoms with van der Waals surface area (Å²) in [4.78, 5) is 7.97. The molecule has 3 rings (SSSR count). The number of hydrogen-bond acceptors (Lipinski definition) is 7. The predicted octanol–water partition coefficient (Wildman–Crippen LogP) is 1.77. The topological polar surface area (TPSA) is 88.7 Å². The lowest BCUT2D eigenvalue weighted by molar-refractivity contribution is 0.174. The molecule has 0 fully saturated rings. The van der Waals surface area contributed by atoms with Crippen molar-refractivity contribution in [1.29, 1.82) is 0 Å². The molecule has 1 aromatic heterocycles. The summed E-state index contributed by atoms with van der Waals surface area (Å²) in [5.41, 5.74) is 7.12. The Morgan fingerprint density at radius 2 is 1.90 bits per heavy atom. The summed E-state index contributed by atoms with van der Waals surface area (Å²) in [6.07, 6.45) is 1.36. The Kier molecular flexibility index (Phi) is 3.63. The van der Waals surface area contributed by atoms with E-state index in [9.17, 15) is 0 Å². The molecule has 0 atom stereocenters. The number of nitrogens with zero attached hydrogens (tertiary/aromatic N) is 2. The number of nitrogens with two attached hydrogens (primary N) is 1. The number of aromatic nitrogens is 2. The lowest BCUT2D eigenvalue weighted by Gasteiger charge is -2.10. The van der Waals surface area contributed by atoms with Crippen LogP contribution in [-0.2, 0) is 6.61 Å². The molecule has 2 N–H and O–H groups in total. The van der Waals surface area contributed by atoms with E-state index in [1.807, 2.05) is 25.1 Å². The van der Waals surface area contributed by atoms with E-state index >= 15 is 0 Å². The summed E-state index contributed by atoms with van der Waals surface area (Å²) >= 11 is 0. The molecule has 0 bridgehead atoms. The minimum absolute atomic E-state index is 0.246. The van der Waals surface area contributed by atoms with Crippen LogP contribution in [0.3, 0.4) is 0 Å². The highest BCUT2D eigenvalue weighted by atomic mass is 16.7. The van der Waals surface area contributed by atoms with Gasteiger partial charge in [0, 0.05) is 0 Å². The lowest BCUT2D eigenvalue weighted by Crippen LogP contribution is -2.05. The molecule has 0 saturated heterocycles. The Bertz CT molecular complexity index is 648. The highest BCUT2D eigenvalue weighted by Crippen LogP contribution is 2.33. The smallest absolute Gasteiger partial charge is 0.244 e. The first-order chi connectivity index (χ1) is 10.3. The number of anilines is 1. The fourth-order valence-corrected chi connectivity index (χ4v) is 1.91. The molecular formula is C14H15N3O4. The summed E-state index contributed by atoms with van der Waals surface area (Å²) < 4.78 is 21.5. The zero-order valence-electron chi connectivity index (χ0n) is 11.5. The summed E-state index contributed by atoms with van der Waals surface area (Å²) in [5.74, 6) is 2.07. The third-order valence-corrected chi connectivity index (χ3v) is 2.90. The molecule has 0 amide bonds. The maximum atomic E-state index is 5.90. The van der Waals surface area contributed by atoms with E-state index in [0.717, 1.165) is 11.3 Å². The van der Waals surface area contributed by atoms with Crippen LogP contribution in [0.5, 0.6) is 23.3 Å². The van der Waals surface area contributed by atoms with Crippen LogP contribution in [0.25, 0.3) is 0 Å². The molecule has 0 saturated carbocycles. The lowest BCUT2D eigenvalue weighted by atomic mass is 10.2. The van der Waals surface area contributed by atoms with E-state index in [1.54, 1.807) is 0 Å². The molecule has 7 heteroatoms. The minimum atomic E-state index is 0.246. The number of ether oxygens (including phenoxy) is 4. The molecular weight excluding hydrogens is 274 g/mol. The highest BCUT2D eigenvalue weighted by Gasteiger charge is 2.14. The van der Waals surface area contributed by atoms with Crippen LogP contribution in [0, 0.1) is 0 Å². The number of benzene rings is 1. The molecule has 0 radical (unpaired) electrons. The Hall–Kier alpha value is -2.70. The van der Waals surface area contributed by atoms with Gasteiger partial charge >= 0.3 is 0 Å². The van der Waals surface area contributed by atoms with Crippen molar-refractivity contribution in [3.63, 3.8) is 0 Å². The Labute approximate surface area is 121 Å². The molecule has 110 valence electrons. The van der Waals surface area contributed by atoms with E-state index in [1.165, 1.54) is 6.33 Å². The molecule has 0 unspecified atom stereocenters. The van der Waals surface area contributed by atoms with Crippen LogP contribution in [0.4, 0.5) is 5.69 Å². The Morgan fingerprint density at radius 3 is 2.71 bits per heavy atom. The number of fused-ring (bicyclic) bond motifs is 1. The molecule has 2 heterocycles. The normalized spacial score (nSPS) is 12.2. The fraction of sp³-hybridized carbons (Fsp3) is 0.286. The predicted molar refractivity (Wildman–Crippen MR) is 74.5 cm³/mol. The van der Waals surface area contributed by atoms with E-state index in [2.05, 4.69) is 9.97 Å². The van der Waals surface area contributed by atoms with Gasteiger partial charge in [-0.15, -0.1) is 0 Å². The number of hydrogen-bond donors (Lipinski definition) is 1. The maximum Gasteiger partial charge on any atom is 0.244 e. The van der Waals surface area contributed by atoms with E-state index in [-0.39, 0.29) is 6.79 Å². The van der Waals surface area contributed by atoms with Crippen LogP contribution in [0.2, 0.25) is 0 Å². The molecule has 1 aliphatic rings. The molecule has 0 aliphatic carbocycles. The molecule has 0 spiro atoms. The summed E-state index contributed by atoms with van der Waals surface area (Å²) in [5, 5.41) is 0. The standard InChI is InChI=1S/C14H15N3O4/c1-2-18-13-12(15)14(17-7-16-13)19-6-9-3-4-10-11(5-9)21-8-20-10/h3-5,7H,2,6,8,15H2,1H3. The van der Waals surface area contributed by atoms with Crippen LogP contribution in [-0.4, -0.2) is 23.4 Å². The van der Waals surface area contributed by atoms with Gasteiger partial charge in [0.25, 0.3) is 0 Å². The SMILES string of the molecule is CCOc1ncnc(OCc2ccc3c(c2)OCO3)c1N. The van der Waals surface area contributed by atoms with Gasteiger partial charge in [-0.25, -0.2) is 0 Å². The van der Waals surface area contributed by atoms with Gasteiger partial charge in [0.05, 0.1) is 6.61 Å². The number of rotatable bonds is 5. The zero-order valence-corrected chi connectivity index (χ0v) is 11.5. The third kappa shape index (κ3) is 2.76. The van der Waals surface area contributed by atoms with Crippen molar-refractivity contribution in [3.05, 3.63) is 30.1 Å². The van der Waals surface area contributed by atoms with Gasteiger partial charge < -0.3 is 24.7 Å². The van der Waals surface area contributed by atoms with Gasteiger partial charge in [0.15, 0.2) is 17.2 Å². The first kappa shape index (κ1) is 13.3. The quantitative estimate of drug-likeness (QED) is 0.897. The van der Waals surface area contributed by atoms with Crippen LogP contribution < -0.4 is 24.7 Å². The molecule has 21 heavy (non-hydrogen) atoms. The van der Waals surface area contributed by atoms with Crippen LogP contribution in [0.1, 0.15) is 12.5 Å². The van der Waals surface area contributed by atoms with Crippen LogP contribution >= 0.6 is 0 Å². The summed E-state index contributed by atoms with van der Waals surface area (Å²) in [7, 11) is 0. The van der Waals surface area contributed by atoms with Gasteiger partial charge in [0.1, 0.15) is 12.9 Å². The van der Waals surface area contributed by atoms with Gasteiger partial charge in [-0.2, -0.15) is 9.97 Å². The summed E-state index contributed by atoms with van der Waals surface area (Å²) in [6.45, 7) is 2.89. The molecule has 7 nitrogen and oxygen atoms in total.